The van der Waals surface area contributed by atoms with Crippen LogP contribution < -0.4 is 5.73 Å². The van der Waals surface area contributed by atoms with Gasteiger partial charge in [-0.05, 0) is 6.07 Å². The topological polar surface area (TPSA) is 76.3 Å². The molecule has 0 saturated carbocycles. The quantitative estimate of drug-likeness (QED) is 0.813. The van der Waals surface area contributed by atoms with E-state index in [-0.39, 0.29) is 15.7 Å². The van der Waals surface area contributed by atoms with Crippen molar-refractivity contribution in [3.63, 3.8) is 0 Å². The average molecular weight is 236 g/mol. The van der Waals surface area contributed by atoms with Gasteiger partial charge in [-0.25, -0.2) is 17.7 Å². The molecule has 0 aliphatic carbocycles. The van der Waals surface area contributed by atoms with Crippen LogP contribution in [-0.2, 0) is 10.0 Å². The zero-order chi connectivity index (χ0) is 10.9. The second kappa shape index (κ2) is 3.72. The van der Waals surface area contributed by atoms with Gasteiger partial charge in [-0.1, -0.05) is 11.6 Å². The van der Waals surface area contributed by atoms with Crippen LogP contribution in [0.4, 0.5) is 5.82 Å². The van der Waals surface area contributed by atoms with Crippen molar-refractivity contribution in [1.29, 1.82) is 0 Å². The van der Waals surface area contributed by atoms with Crippen molar-refractivity contribution in [3.05, 3.63) is 17.3 Å². The highest BCUT2D eigenvalue weighted by Gasteiger charge is 2.18. The molecule has 0 aromatic carbocycles. The fourth-order valence-corrected chi connectivity index (χ4v) is 1.89. The Morgan fingerprint density at radius 1 is 1.50 bits per heavy atom. The minimum absolute atomic E-state index is 0.0294. The van der Waals surface area contributed by atoms with E-state index < -0.39 is 10.0 Å². The minimum atomic E-state index is -3.49. The summed E-state index contributed by atoms with van der Waals surface area (Å²) < 4.78 is 24.2. The molecule has 0 atom stereocenters. The number of rotatable bonds is 2. The van der Waals surface area contributed by atoms with Crippen molar-refractivity contribution in [2.45, 2.75) is 4.90 Å². The molecule has 0 amide bonds. The zero-order valence-corrected chi connectivity index (χ0v) is 9.30. The standard InChI is InChI=1S/C7H10ClN3O2S/c1-11(2)14(12,13)5-3-6(8)7(9)10-4-5/h3-4H,1-2H3,(H2,9,10). The zero-order valence-electron chi connectivity index (χ0n) is 7.73. The van der Waals surface area contributed by atoms with E-state index in [9.17, 15) is 8.42 Å². The van der Waals surface area contributed by atoms with E-state index in [1.165, 1.54) is 26.4 Å². The molecule has 1 aromatic heterocycles. The van der Waals surface area contributed by atoms with Crippen LogP contribution >= 0.6 is 11.6 Å². The smallest absolute Gasteiger partial charge is 0.244 e. The maximum absolute atomic E-state index is 11.6. The summed E-state index contributed by atoms with van der Waals surface area (Å²) in [5.74, 6) is 0.115. The maximum atomic E-state index is 11.6. The molecule has 5 nitrogen and oxygen atoms in total. The highest BCUT2D eigenvalue weighted by molar-refractivity contribution is 7.89. The van der Waals surface area contributed by atoms with E-state index >= 15 is 0 Å². The molecule has 0 unspecified atom stereocenters. The summed E-state index contributed by atoms with van der Waals surface area (Å²) in [6.07, 6.45) is 1.18. The van der Waals surface area contributed by atoms with E-state index in [4.69, 9.17) is 17.3 Å². The fourth-order valence-electron chi connectivity index (χ4n) is 0.783. The number of nitrogens with two attached hydrogens (primary N) is 1. The van der Waals surface area contributed by atoms with Gasteiger partial charge in [-0.2, -0.15) is 0 Å². The lowest BCUT2D eigenvalue weighted by atomic mass is 10.5. The van der Waals surface area contributed by atoms with Gasteiger partial charge < -0.3 is 5.73 Å². The van der Waals surface area contributed by atoms with Gasteiger partial charge >= 0.3 is 0 Å². The maximum Gasteiger partial charge on any atom is 0.244 e. The van der Waals surface area contributed by atoms with Gasteiger partial charge in [0.2, 0.25) is 10.0 Å². The summed E-state index contributed by atoms with van der Waals surface area (Å²) in [5, 5.41) is 0.132. The van der Waals surface area contributed by atoms with Crippen LogP contribution in [0.25, 0.3) is 0 Å². The van der Waals surface area contributed by atoms with E-state index in [0.717, 1.165) is 4.31 Å². The molecule has 7 heteroatoms. The first kappa shape index (κ1) is 11.2. The van der Waals surface area contributed by atoms with Gasteiger partial charge in [0.1, 0.15) is 10.7 Å². The average Bonchev–Trinajstić information content (AvgIpc) is 2.09. The van der Waals surface area contributed by atoms with Gasteiger partial charge in [-0.3, -0.25) is 0 Å². The second-order valence-electron chi connectivity index (χ2n) is 2.83. The first-order chi connectivity index (χ1) is 6.35. The predicted octanol–water partition coefficient (Wildman–Crippen LogP) is 0.568. The monoisotopic (exact) mass is 235 g/mol. The Labute approximate surface area is 87.5 Å². The van der Waals surface area contributed by atoms with E-state index in [2.05, 4.69) is 4.98 Å². The van der Waals surface area contributed by atoms with Crippen LogP contribution in [0.5, 0.6) is 0 Å². The first-order valence-electron chi connectivity index (χ1n) is 3.69. The van der Waals surface area contributed by atoms with Gasteiger partial charge in [0.05, 0.1) is 5.02 Å². The molecule has 0 spiro atoms. The van der Waals surface area contributed by atoms with E-state index in [0.29, 0.717) is 0 Å². The van der Waals surface area contributed by atoms with Crippen LogP contribution in [-0.4, -0.2) is 31.8 Å². The lowest BCUT2D eigenvalue weighted by molar-refractivity contribution is 0.520. The van der Waals surface area contributed by atoms with Crippen molar-refractivity contribution in [3.8, 4) is 0 Å². The summed E-state index contributed by atoms with van der Waals surface area (Å²) in [6.45, 7) is 0. The summed E-state index contributed by atoms with van der Waals surface area (Å²) in [6, 6.07) is 1.28. The Balaban J connectivity index is 3.29. The summed E-state index contributed by atoms with van der Waals surface area (Å²) >= 11 is 5.65. The Morgan fingerprint density at radius 3 is 2.50 bits per heavy atom. The molecule has 0 bridgehead atoms. The van der Waals surface area contributed by atoms with Gasteiger partial charge in [0, 0.05) is 20.3 Å². The fraction of sp³-hybridized carbons (Fsp3) is 0.286. The van der Waals surface area contributed by atoms with E-state index in [1.807, 2.05) is 0 Å². The molecule has 1 aromatic rings. The van der Waals surface area contributed by atoms with Crippen LogP contribution in [0, 0.1) is 0 Å². The molecule has 78 valence electrons. The molecule has 1 rings (SSSR count). The second-order valence-corrected chi connectivity index (χ2v) is 5.38. The van der Waals surface area contributed by atoms with Gasteiger partial charge in [0.15, 0.2) is 0 Å². The molecule has 1 heterocycles. The number of hydrogen-bond acceptors (Lipinski definition) is 4. The number of anilines is 1. The summed E-state index contributed by atoms with van der Waals surface area (Å²) in [7, 11) is -0.625. The Bertz CT molecular complexity index is 444. The van der Waals surface area contributed by atoms with Crippen molar-refractivity contribution >= 4 is 27.4 Å². The van der Waals surface area contributed by atoms with Crippen LogP contribution in [0.2, 0.25) is 5.02 Å². The predicted molar refractivity (Wildman–Crippen MR) is 54.5 cm³/mol. The van der Waals surface area contributed by atoms with Crippen molar-refractivity contribution < 1.29 is 8.42 Å². The normalized spacial score (nSPS) is 12.0. The van der Waals surface area contributed by atoms with Gasteiger partial charge in [0.25, 0.3) is 0 Å². The number of aromatic nitrogens is 1. The molecule has 0 aliphatic heterocycles. The SMILES string of the molecule is CN(C)S(=O)(=O)c1cnc(N)c(Cl)c1. The highest BCUT2D eigenvalue weighted by atomic mass is 35.5. The molecule has 0 radical (unpaired) electrons. The number of nitrogen functional groups attached to an aromatic ring is 1. The third-order valence-corrected chi connectivity index (χ3v) is 3.71. The third-order valence-electron chi connectivity index (χ3n) is 1.62. The number of nitrogens with zero attached hydrogens (tertiary/aromatic N) is 2. The highest BCUT2D eigenvalue weighted by Crippen LogP contribution is 2.21. The largest absolute Gasteiger partial charge is 0.382 e. The van der Waals surface area contributed by atoms with Crippen molar-refractivity contribution in [2.75, 3.05) is 19.8 Å². The molecule has 0 fully saturated rings. The molecule has 0 aliphatic rings. The Kier molecular flexibility index (Phi) is 2.98. The molecule has 0 saturated heterocycles. The number of halogens is 1. The third kappa shape index (κ3) is 1.97. The molecular weight excluding hydrogens is 226 g/mol. The van der Waals surface area contributed by atoms with Crippen LogP contribution in [0.3, 0.4) is 0 Å². The molecule has 14 heavy (non-hydrogen) atoms. The lowest BCUT2D eigenvalue weighted by Gasteiger charge is -2.11. The van der Waals surface area contributed by atoms with Crippen molar-refractivity contribution in [1.82, 2.24) is 9.29 Å². The molecular formula is C7H10ClN3O2S. The van der Waals surface area contributed by atoms with Gasteiger partial charge in [-0.15, -0.1) is 0 Å². The van der Waals surface area contributed by atoms with Crippen LogP contribution in [0.15, 0.2) is 17.2 Å². The number of sulfonamides is 1. The number of pyridine rings is 1. The number of hydrogen-bond donors (Lipinski definition) is 1. The summed E-state index contributed by atoms with van der Waals surface area (Å²) in [5.41, 5.74) is 5.36. The minimum Gasteiger partial charge on any atom is -0.382 e. The lowest BCUT2D eigenvalue weighted by Crippen LogP contribution is -2.22. The van der Waals surface area contributed by atoms with Crippen molar-refractivity contribution in [2.24, 2.45) is 0 Å². The van der Waals surface area contributed by atoms with E-state index in [1.54, 1.807) is 0 Å². The Morgan fingerprint density at radius 2 is 2.07 bits per heavy atom. The first-order valence-corrected chi connectivity index (χ1v) is 5.51. The molecule has 2 N–H and O–H groups in total. The Hall–Kier alpha value is -0.850. The summed E-state index contributed by atoms with van der Waals surface area (Å²) in [4.78, 5) is 3.70. The van der Waals surface area contributed by atoms with Crippen LogP contribution in [0.1, 0.15) is 0 Å².